The molecule has 0 fully saturated rings. The van der Waals surface area contributed by atoms with Crippen LogP contribution in [0, 0.1) is 0 Å². The Morgan fingerprint density at radius 1 is 0.750 bits per heavy atom. The molecular formula is C29H26N2O. The summed E-state index contributed by atoms with van der Waals surface area (Å²) < 4.78 is 6.24. The molecule has 0 amide bonds. The van der Waals surface area contributed by atoms with Crippen LogP contribution in [0.5, 0.6) is 5.75 Å². The highest BCUT2D eigenvalue weighted by Crippen LogP contribution is 2.39. The maximum Gasteiger partial charge on any atom is 0.142 e. The van der Waals surface area contributed by atoms with Crippen LogP contribution in [0.4, 0.5) is 0 Å². The van der Waals surface area contributed by atoms with Gasteiger partial charge in [0, 0.05) is 11.1 Å². The molecule has 158 valence electrons. The Hall–Kier alpha value is -3.85. The summed E-state index contributed by atoms with van der Waals surface area (Å²) in [6.07, 6.45) is 2.12. The quantitative estimate of drug-likeness (QED) is 0.274. The number of aromatic nitrogens is 2. The number of fused-ring (bicyclic) bond motifs is 1. The molecule has 1 N–H and O–H groups in total. The molecule has 3 heteroatoms. The number of ether oxygens (including phenoxy) is 1. The average molecular weight is 419 g/mol. The monoisotopic (exact) mass is 418 g/mol. The normalized spacial score (nSPS) is 11.0. The third-order valence-electron chi connectivity index (χ3n) is 5.70. The number of hydrogen-bond donors (Lipinski definition) is 1. The Bertz CT molecular complexity index is 1270. The SMILES string of the molecule is CCCCOc1ccc2ccccc2c1-c1nc(-c2ccccc2)c(-c2ccccc2)[nH]1. The van der Waals surface area contributed by atoms with E-state index in [4.69, 9.17) is 9.72 Å². The van der Waals surface area contributed by atoms with Gasteiger partial charge in [0.2, 0.25) is 0 Å². The molecule has 1 aromatic heterocycles. The predicted octanol–water partition coefficient (Wildman–Crippen LogP) is 7.74. The van der Waals surface area contributed by atoms with Crippen LogP contribution in [0.15, 0.2) is 97.1 Å². The van der Waals surface area contributed by atoms with Crippen LogP contribution in [-0.4, -0.2) is 16.6 Å². The van der Waals surface area contributed by atoms with E-state index >= 15 is 0 Å². The smallest absolute Gasteiger partial charge is 0.142 e. The third-order valence-corrected chi connectivity index (χ3v) is 5.70. The molecule has 0 bridgehead atoms. The molecule has 4 aromatic carbocycles. The van der Waals surface area contributed by atoms with Gasteiger partial charge in [0.1, 0.15) is 11.6 Å². The molecule has 0 radical (unpaired) electrons. The number of hydrogen-bond acceptors (Lipinski definition) is 2. The van der Waals surface area contributed by atoms with Gasteiger partial charge in [-0.1, -0.05) is 104 Å². The van der Waals surface area contributed by atoms with E-state index in [1.165, 1.54) is 5.39 Å². The van der Waals surface area contributed by atoms with Crippen LogP contribution >= 0.6 is 0 Å². The highest BCUT2D eigenvalue weighted by atomic mass is 16.5. The molecule has 5 aromatic rings. The summed E-state index contributed by atoms with van der Waals surface area (Å²) in [4.78, 5) is 8.78. The van der Waals surface area contributed by atoms with E-state index in [9.17, 15) is 0 Å². The first-order chi connectivity index (χ1) is 15.8. The number of benzene rings is 4. The zero-order valence-corrected chi connectivity index (χ0v) is 18.2. The minimum Gasteiger partial charge on any atom is -0.493 e. The van der Waals surface area contributed by atoms with Gasteiger partial charge in [0.15, 0.2) is 0 Å². The molecule has 0 unspecified atom stereocenters. The zero-order valence-electron chi connectivity index (χ0n) is 18.2. The lowest BCUT2D eigenvalue weighted by Gasteiger charge is -2.13. The van der Waals surface area contributed by atoms with Crippen LogP contribution in [0.1, 0.15) is 19.8 Å². The second-order valence-corrected chi connectivity index (χ2v) is 7.90. The van der Waals surface area contributed by atoms with E-state index in [-0.39, 0.29) is 0 Å². The first-order valence-electron chi connectivity index (χ1n) is 11.2. The highest BCUT2D eigenvalue weighted by molar-refractivity contribution is 5.99. The Morgan fingerprint density at radius 3 is 2.19 bits per heavy atom. The first kappa shape index (κ1) is 20.1. The summed E-state index contributed by atoms with van der Waals surface area (Å²) in [6, 6.07) is 33.3. The van der Waals surface area contributed by atoms with Gasteiger partial charge < -0.3 is 9.72 Å². The lowest BCUT2D eigenvalue weighted by molar-refractivity contribution is 0.311. The van der Waals surface area contributed by atoms with Crippen LogP contribution < -0.4 is 4.74 Å². The number of aromatic amines is 1. The van der Waals surface area contributed by atoms with Crippen LogP contribution in [-0.2, 0) is 0 Å². The topological polar surface area (TPSA) is 37.9 Å². The van der Waals surface area contributed by atoms with Gasteiger partial charge in [0.05, 0.1) is 23.6 Å². The highest BCUT2D eigenvalue weighted by Gasteiger charge is 2.19. The molecule has 0 aliphatic carbocycles. The van der Waals surface area contributed by atoms with Gasteiger partial charge in [-0.2, -0.15) is 0 Å². The lowest BCUT2D eigenvalue weighted by Crippen LogP contribution is -1.99. The van der Waals surface area contributed by atoms with Crippen LogP contribution in [0.3, 0.4) is 0 Å². The van der Waals surface area contributed by atoms with Crippen molar-refractivity contribution in [2.75, 3.05) is 6.61 Å². The molecule has 3 nitrogen and oxygen atoms in total. The van der Waals surface area contributed by atoms with Crippen molar-refractivity contribution < 1.29 is 4.74 Å². The Labute approximate surface area is 188 Å². The summed E-state index contributed by atoms with van der Waals surface area (Å²) in [6.45, 7) is 2.87. The van der Waals surface area contributed by atoms with E-state index in [0.717, 1.165) is 57.9 Å². The van der Waals surface area contributed by atoms with E-state index < -0.39 is 0 Å². The van der Waals surface area contributed by atoms with E-state index in [1.807, 2.05) is 12.1 Å². The van der Waals surface area contributed by atoms with Crippen molar-refractivity contribution >= 4 is 10.8 Å². The Kier molecular flexibility index (Phi) is 5.71. The first-order valence-corrected chi connectivity index (χ1v) is 11.2. The second-order valence-electron chi connectivity index (χ2n) is 7.90. The summed E-state index contributed by atoms with van der Waals surface area (Å²) >= 11 is 0. The maximum atomic E-state index is 6.24. The number of imidazole rings is 1. The van der Waals surface area contributed by atoms with Crippen LogP contribution in [0.2, 0.25) is 0 Å². The minimum absolute atomic E-state index is 0.694. The number of rotatable bonds is 7. The number of H-pyrrole nitrogens is 1. The van der Waals surface area contributed by atoms with Gasteiger partial charge in [0.25, 0.3) is 0 Å². The van der Waals surface area contributed by atoms with Crippen LogP contribution in [0.25, 0.3) is 44.7 Å². The van der Waals surface area contributed by atoms with Crippen molar-refractivity contribution in [1.82, 2.24) is 9.97 Å². The van der Waals surface area contributed by atoms with Gasteiger partial charge in [-0.15, -0.1) is 0 Å². The molecule has 1 heterocycles. The van der Waals surface area contributed by atoms with E-state index in [1.54, 1.807) is 0 Å². The van der Waals surface area contributed by atoms with Gasteiger partial charge >= 0.3 is 0 Å². The van der Waals surface area contributed by atoms with Crippen molar-refractivity contribution in [2.45, 2.75) is 19.8 Å². The maximum absolute atomic E-state index is 6.24. The largest absolute Gasteiger partial charge is 0.493 e. The van der Waals surface area contributed by atoms with Crippen molar-refractivity contribution in [3.05, 3.63) is 97.1 Å². The summed E-state index contributed by atoms with van der Waals surface area (Å²) in [7, 11) is 0. The summed E-state index contributed by atoms with van der Waals surface area (Å²) in [5.41, 5.74) is 5.17. The second kappa shape index (κ2) is 9.11. The van der Waals surface area contributed by atoms with Gasteiger partial charge in [-0.05, 0) is 23.3 Å². The third kappa shape index (κ3) is 3.90. The van der Waals surface area contributed by atoms with Gasteiger partial charge in [-0.25, -0.2) is 4.98 Å². The molecule has 0 aliphatic rings. The Balaban J connectivity index is 1.73. The number of nitrogens with zero attached hydrogens (tertiary/aromatic N) is 1. The predicted molar refractivity (Wildman–Crippen MR) is 133 cm³/mol. The Morgan fingerprint density at radius 2 is 1.44 bits per heavy atom. The van der Waals surface area contributed by atoms with Crippen molar-refractivity contribution in [3.8, 4) is 39.7 Å². The van der Waals surface area contributed by atoms with E-state index in [0.29, 0.717) is 6.61 Å². The fraction of sp³-hybridized carbons (Fsp3) is 0.138. The fourth-order valence-electron chi connectivity index (χ4n) is 4.05. The van der Waals surface area contributed by atoms with Crippen molar-refractivity contribution in [3.63, 3.8) is 0 Å². The number of nitrogens with one attached hydrogen (secondary N) is 1. The van der Waals surface area contributed by atoms with Crippen molar-refractivity contribution in [2.24, 2.45) is 0 Å². The molecule has 0 saturated carbocycles. The molecule has 32 heavy (non-hydrogen) atoms. The summed E-state index contributed by atoms with van der Waals surface area (Å²) in [5.74, 6) is 1.69. The van der Waals surface area contributed by atoms with Crippen molar-refractivity contribution in [1.29, 1.82) is 0 Å². The standard InChI is InChI=1S/C29H26N2O/c1-2-3-20-32-25-19-18-21-12-10-11-17-24(21)26(25)29-30-27(22-13-6-4-7-14-22)28(31-29)23-15-8-5-9-16-23/h4-19H,2-3,20H2,1H3,(H,30,31). The molecule has 5 rings (SSSR count). The molecule has 0 atom stereocenters. The number of unbranched alkanes of at least 4 members (excludes halogenated alkanes) is 1. The fourth-order valence-corrected chi connectivity index (χ4v) is 4.05. The van der Waals surface area contributed by atoms with Gasteiger partial charge in [-0.3, -0.25) is 0 Å². The summed E-state index contributed by atoms with van der Waals surface area (Å²) in [5, 5.41) is 2.30. The molecule has 0 saturated heterocycles. The zero-order chi connectivity index (χ0) is 21.8. The molecule has 0 aliphatic heterocycles. The minimum atomic E-state index is 0.694. The molecular weight excluding hydrogens is 392 g/mol. The average Bonchev–Trinajstić information content (AvgIpc) is 3.30. The lowest BCUT2D eigenvalue weighted by atomic mass is 10.0. The molecule has 0 spiro atoms. The van der Waals surface area contributed by atoms with E-state index in [2.05, 4.69) is 96.8 Å².